The Balaban J connectivity index is 1.56. The number of hydrogen-bond acceptors (Lipinski definition) is 5. The Kier molecular flexibility index (Phi) is 3.80. The van der Waals surface area contributed by atoms with Crippen molar-refractivity contribution in [2.75, 3.05) is 7.11 Å². The molecule has 24 heavy (non-hydrogen) atoms. The number of rotatable bonds is 3. The quantitative estimate of drug-likeness (QED) is 0.645. The van der Waals surface area contributed by atoms with E-state index in [0.29, 0.717) is 0 Å². The fourth-order valence-electron chi connectivity index (χ4n) is 2.96. The topological polar surface area (TPSA) is 69.9 Å². The molecule has 1 aliphatic carbocycles. The Hall–Kier alpha value is -2.28. The zero-order valence-electron chi connectivity index (χ0n) is 13.0. The molecule has 2 aromatic heterocycles. The lowest BCUT2D eigenvalue weighted by Crippen LogP contribution is -2.33. The molecular formula is C17H15BrN4O2. The van der Waals surface area contributed by atoms with Crippen LogP contribution >= 0.6 is 15.9 Å². The van der Waals surface area contributed by atoms with Crippen molar-refractivity contribution in [1.82, 2.24) is 19.7 Å². The van der Waals surface area contributed by atoms with E-state index < -0.39 is 0 Å². The summed E-state index contributed by atoms with van der Waals surface area (Å²) in [5.74, 6) is -0.143. The molecule has 0 saturated heterocycles. The van der Waals surface area contributed by atoms with Crippen LogP contribution in [-0.2, 0) is 9.53 Å². The van der Waals surface area contributed by atoms with Crippen LogP contribution in [0.15, 0.2) is 41.3 Å². The summed E-state index contributed by atoms with van der Waals surface area (Å²) in [4.78, 5) is 20.6. The summed E-state index contributed by atoms with van der Waals surface area (Å²) >= 11 is 3.45. The van der Waals surface area contributed by atoms with E-state index in [-0.39, 0.29) is 17.9 Å². The number of methoxy groups -OCH3 is 1. The first kappa shape index (κ1) is 15.3. The molecule has 4 rings (SSSR count). The number of benzene rings is 1. The summed E-state index contributed by atoms with van der Waals surface area (Å²) < 4.78 is 7.65. The maximum Gasteiger partial charge on any atom is 0.308 e. The molecule has 1 saturated carbocycles. The number of nitrogens with zero attached hydrogens (tertiary/aromatic N) is 4. The Morgan fingerprint density at radius 1 is 1.29 bits per heavy atom. The fraction of sp³-hybridized carbons (Fsp3) is 0.294. The van der Waals surface area contributed by atoms with Gasteiger partial charge in [0.25, 0.3) is 0 Å². The molecule has 7 heteroatoms. The molecule has 0 unspecified atom stereocenters. The number of halogens is 1. The standard InChI is InChI=1S/C17H15BrN4O2/c1-24-17(23)10-4-13(5-10)22-9-11(7-20-22)16-8-19-14-3-2-12(18)6-15(14)21-16/h2-3,6-10,13H,4-5H2,1H3. The Morgan fingerprint density at radius 2 is 2.12 bits per heavy atom. The molecule has 2 heterocycles. The van der Waals surface area contributed by atoms with Gasteiger partial charge in [-0.05, 0) is 31.0 Å². The average molecular weight is 387 g/mol. The maximum absolute atomic E-state index is 11.5. The minimum absolute atomic E-state index is 0.00883. The number of carbonyl (C=O) groups is 1. The molecule has 0 spiro atoms. The van der Waals surface area contributed by atoms with Crippen LogP contribution in [0.25, 0.3) is 22.3 Å². The van der Waals surface area contributed by atoms with Gasteiger partial charge in [0.2, 0.25) is 0 Å². The van der Waals surface area contributed by atoms with Crippen LogP contribution in [0.5, 0.6) is 0 Å². The predicted octanol–water partition coefficient (Wildman–Crippen LogP) is 3.38. The SMILES string of the molecule is COC(=O)C1CC(n2cc(-c3cnc4ccc(Br)cc4n3)cn2)C1. The molecular weight excluding hydrogens is 372 g/mol. The molecule has 0 atom stereocenters. The van der Waals surface area contributed by atoms with Crippen molar-refractivity contribution in [3.63, 3.8) is 0 Å². The van der Waals surface area contributed by atoms with Crippen molar-refractivity contribution < 1.29 is 9.53 Å². The van der Waals surface area contributed by atoms with Crippen molar-refractivity contribution in [3.05, 3.63) is 41.3 Å². The Labute approximate surface area is 147 Å². The average Bonchev–Trinajstić information content (AvgIpc) is 3.02. The second-order valence-corrected chi connectivity index (χ2v) is 6.86. The van der Waals surface area contributed by atoms with Crippen molar-refractivity contribution in [2.24, 2.45) is 5.92 Å². The highest BCUT2D eigenvalue weighted by Crippen LogP contribution is 2.38. The highest BCUT2D eigenvalue weighted by molar-refractivity contribution is 9.10. The molecule has 0 bridgehead atoms. The van der Waals surface area contributed by atoms with E-state index in [1.165, 1.54) is 7.11 Å². The lowest BCUT2D eigenvalue weighted by atomic mass is 9.80. The molecule has 0 N–H and O–H groups in total. The van der Waals surface area contributed by atoms with Crippen LogP contribution in [0.3, 0.4) is 0 Å². The summed E-state index contributed by atoms with van der Waals surface area (Å²) in [5, 5.41) is 4.42. The lowest BCUT2D eigenvalue weighted by Gasteiger charge is -2.33. The summed E-state index contributed by atoms with van der Waals surface area (Å²) in [7, 11) is 1.43. The number of ether oxygens (including phenoxy) is 1. The van der Waals surface area contributed by atoms with Crippen LogP contribution < -0.4 is 0 Å². The van der Waals surface area contributed by atoms with E-state index in [9.17, 15) is 4.79 Å². The first-order chi connectivity index (χ1) is 11.6. The van der Waals surface area contributed by atoms with Crippen LogP contribution in [0.4, 0.5) is 0 Å². The van der Waals surface area contributed by atoms with Crippen LogP contribution in [-0.4, -0.2) is 32.8 Å². The molecule has 0 radical (unpaired) electrons. The van der Waals surface area contributed by atoms with Gasteiger partial charge in [0, 0.05) is 16.2 Å². The number of aromatic nitrogens is 4. The van der Waals surface area contributed by atoms with Crippen LogP contribution in [0.2, 0.25) is 0 Å². The normalized spacial score (nSPS) is 19.9. The number of esters is 1. The smallest absolute Gasteiger partial charge is 0.308 e. The second kappa shape index (κ2) is 5.98. The minimum atomic E-state index is -0.135. The number of carbonyl (C=O) groups excluding carboxylic acids is 1. The minimum Gasteiger partial charge on any atom is -0.469 e. The molecule has 1 fully saturated rings. The zero-order chi connectivity index (χ0) is 16.7. The zero-order valence-corrected chi connectivity index (χ0v) is 14.6. The summed E-state index contributed by atoms with van der Waals surface area (Å²) in [6, 6.07) is 6.07. The Morgan fingerprint density at radius 3 is 2.92 bits per heavy atom. The summed E-state index contributed by atoms with van der Waals surface area (Å²) in [5.41, 5.74) is 3.40. The molecule has 0 amide bonds. The summed E-state index contributed by atoms with van der Waals surface area (Å²) in [6.45, 7) is 0. The molecule has 1 aliphatic rings. The van der Waals surface area contributed by atoms with Gasteiger partial charge in [-0.2, -0.15) is 5.10 Å². The molecule has 3 aromatic rings. The lowest BCUT2D eigenvalue weighted by molar-refractivity contribution is -0.149. The van der Waals surface area contributed by atoms with Gasteiger partial charge >= 0.3 is 5.97 Å². The predicted molar refractivity (Wildman–Crippen MR) is 92.2 cm³/mol. The van der Waals surface area contributed by atoms with E-state index in [1.54, 1.807) is 12.4 Å². The maximum atomic E-state index is 11.5. The molecule has 6 nitrogen and oxygen atoms in total. The van der Waals surface area contributed by atoms with Gasteiger partial charge in [-0.3, -0.25) is 14.5 Å². The third kappa shape index (κ3) is 2.69. The molecule has 122 valence electrons. The number of hydrogen-bond donors (Lipinski definition) is 0. The highest BCUT2D eigenvalue weighted by atomic mass is 79.9. The van der Waals surface area contributed by atoms with Crippen LogP contribution in [0.1, 0.15) is 18.9 Å². The second-order valence-electron chi connectivity index (χ2n) is 5.94. The van der Waals surface area contributed by atoms with E-state index >= 15 is 0 Å². The molecule has 1 aromatic carbocycles. The van der Waals surface area contributed by atoms with Crippen molar-refractivity contribution >= 4 is 32.9 Å². The van der Waals surface area contributed by atoms with Gasteiger partial charge in [0.1, 0.15) is 0 Å². The van der Waals surface area contributed by atoms with Crippen LogP contribution in [0, 0.1) is 5.92 Å². The van der Waals surface area contributed by atoms with Gasteiger partial charge in [-0.1, -0.05) is 15.9 Å². The number of fused-ring (bicyclic) bond motifs is 1. The highest BCUT2D eigenvalue weighted by Gasteiger charge is 2.36. The van der Waals surface area contributed by atoms with E-state index in [0.717, 1.165) is 39.6 Å². The van der Waals surface area contributed by atoms with Crippen molar-refractivity contribution in [3.8, 4) is 11.3 Å². The van der Waals surface area contributed by atoms with Crippen molar-refractivity contribution in [1.29, 1.82) is 0 Å². The third-order valence-electron chi connectivity index (χ3n) is 4.42. The van der Waals surface area contributed by atoms with Crippen molar-refractivity contribution in [2.45, 2.75) is 18.9 Å². The van der Waals surface area contributed by atoms with E-state index in [4.69, 9.17) is 4.74 Å². The third-order valence-corrected chi connectivity index (χ3v) is 4.92. The Bertz CT molecular complexity index is 918. The van der Waals surface area contributed by atoms with Gasteiger partial charge in [-0.25, -0.2) is 4.98 Å². The first-order valence-electron chi connectivity index (χ1n) is 7.68. The largest absolute Gasteiger partial charge is 0.469 e. The van der Waals surface area contributed by atoms with Gasteiger partial charge in [-0.15, -0.1) is 0 Å². The van der Waals surface area contributed by atoms with Gasteiger partial charge in [0.15, 0.2) is 0 Å². The molecule has 0 aliphatic heterocycles. The first-order valence-corrected chi connectivity index (χ1v) is 8.48. The van der Waals surface area contributed by atoms with E-state index in [2.05, 4.69) is 31.0 Å². The van der Waals surface area contributed by atoms with Gasteiger partial charge < -0.3 is 4.74 Å². The monoisotopic (exact) mass is 386 g/mol. The fourth-order valence-corrected chi connectivity index (χ4v) is 3.31. The van der Waals surface area contributed by atoms with E-state index in [1.807, 2.05) is 29.1 Å². The van der Waals surface area contributed by atoms with Gasteiger partial charge in [0.05, 0.1) is 48.2 Å². The summed E-state index contributed by atoms with van der Waals surface area (Å²) in [6.07, 6.45) is 7.05.